The molecule has 0 saturated heterocycles. The maximum Gasteiger partial charge on any atom is 0.251 e. The van der Waals surface area contributed by atoms with Gasteiger partial charge in [-0.15, -0.1) is 10.2 Å². The van der Waals surface area contributed by atoms with Gasteiger partial charge in [0.1, 0.15) is 0 Å². The molecule has 1 heterocycles. The van der Waals surface area contributed by atoms with Crippen molar-refractivity contribution in [2.75, 3.05) is 6.61 Å². The zero-order chi connectivity index (χ0) is 14.6. The monoisotopic (exact) mass is 275 g/mol. The molecular formula is C13H17N5O2. The fourth-order valence-corrected chi connectivity index (χ4v) is 1.78. The molecular weight excluding hydrogens is 258 g/mol. The Morgan fingerprint density at radius 1 is 1.35 bits per heavy atom. The molecule has 1 aromatic heterocycles. The number of H-pyrrole nitrogens is 1. The number of nitrogens with zero attached hydrogens (tertiary/aromatic N) is 3. The van der Waals surface area contributed by atoms with Crippen molar-refractivity contribution in [1.29, 1.82) is 0 Å². The summed E-state index contributed by atoms with van der Waals surface area (Å²) in [5.41, 5.74) is 0.881. The van der Waals surface area contributed by atoms with E-state index in [0.29, 0.717) is 17.8 Å². The van der Waals surface area contributed by atoms with Gasteiger partial charge in [0.05, 0.1) is 0 Å². The van der Waals surface area contributed by atoms with Crippen molar-refractivity contribution in [3.8, 4) is 11.4 Å². The molecule has 2 aromatic rings. The van der Waals surface area contributed by atoms with Gasteiger partial charge in [0, 0.05) is 23.3 Å². The summed E-state index contributed by atoms with van der Waals surface area (Å²) in [6, 6.07) is 6.93. The second-order valence-corrected chi connectivity index (χ2v) is 5.12. The first-order chi connectivity index (χ1) is 9.52. The van der Waals surface area contributed by atoms with Crippen LogP contribution in [0.15, 0.2) is 24.3 Å². The second-order valence-electron chi connectivity index (χ2n) is 5.12. The van der Waals surface area contributed by atoms with Crippen LogP contribution in [0.3, 0.4) is 0 Å². The van der Waals surface area contributed by atoms with Gasteiger partial charge in [-0.25, -0.2) is 0 Å². The van der Waals surface area contributed by atoms with E-state index in [4.69, 9.17) is 5.11 Å². The lowest BCUT2D eigenvalue weighted by molar-refractivity contribution is 0.0899. The fraction of sp³-hybridized carbons (Fsp3) is 0.385. The fourth-order valence-electron chi connectivity index (χ4n) is 1.78. The molecule has 7 nitrogen and oxygen atoms in total. The predicted molar refractivity (Wildman–Crippen MR) is 72.9 cm³/mol. The van der Waals surface area contributed by atoms with Crippen LogP contribution in [0.25, 0.3) is 11.4 Å². The number of amides is 1. The van der Waals surface area contributed by atoms with Gasteiger partial charge < -0.3 is 10.4 Å². The number of carbonyl (C=O) groups excluding carboxylic acids is 1. The lowest BCUT2D eigenvalue weighted by Crippen LogP contribution is -2.44. The molecule has 0 atom stereocenters. The van der Waals surface area contributed by atoms with Crippen LogP contribution in [0.4, 0.5) is 0 Å². The number of tetrazole rings is 1. The highest BCUT2D eigenvalue weighted by molar-refractivity contribution is 5.95. The number of carbonyl (C=O) groups is 1. The van der Waals surface area contributed by atoms with Gasteiger partial charge in [-0.3, -0.25) is 4.79 Å². The maximum atomic E-state index is 12.1. The Bertz CT molecular complexity index is 563. The number of aromatic nitrogens is 4. The zero-order valence-electron chi connectivity index (χ0n) is 11.4. The van der Waals surface area contributed by atoms with Crippen LogP contribution in [0.5, 0.6) is 0 Å². The molecule has 0 aliphatic rings. The first-order valence-corrected chi connectivity index (χ1v) is 6.29. The Balaban J connectivity index is 2.08. The molecule has 1 aromatic carbocycles. The maximum absolute atomic E-state index is 12.1. The number of aromatic amines is 1. The summed E-state index contributed by atoms with van der Waals surface area (Å²) in [6.07, 6.45) is 0.500. The van der Waals surface area contributed by atoms with Gasteiger partial charge in [-0.1, -0.05) is 12.1 Å². The molecule has 1 amide bonds. The Hall–Kier alpha value is -2.28. The first-order valence-electron chi connectivity index (χ1n) is 6.29. The van der Waals surface area contributed by atoms with E-state index in [1.54, 1.807) is 24.3 Å². The molecule has 0 aliphatic carbocycles. The third kappa shape index (κ3) is 3.39. The van der Waals surface area contributed by atoms with Crippen LogP contribution < -0.4 is 5.32 Å². The molecule has 0 fully saturated rings. The highest BCUT2D eigenvalue weighted by Crippen LogP contribution is 2.15. The lowest BCUT2D eigenvalue weighted by atomic mass is 10.0. The van der Waals surface area contributed by atoms with Gasteiger partial charge >= 0.3 is 0 Å². The van der Waals surface area contributed by atoms with Gasteiger partial charge in [0.15, 0.2) is 0 Å². The van der Waals surface area contributed by atoms with E-state index < -0.39 is 5.54 Å². The standard InChI is InChI=1S/C13H17N5O2/c1-13(2,7-8-19)14-12(20)10-5-3-9(4-6-10)11-15-17-18-16-11/h3-6,19H,7-8H2,1-2H3,(H,14,20)(H,15,16,17,18). The molecule has 2 rings (SSSR count). The topological polar surface area (TPSA) is 104 Å². The number of nitrogens with one attached hydrogen (secondary N) is 2. The van der Waals surface area contributed by atoms with Crippen molar-refractivity contribution in [2.24, 2.45) is 0 Å². The average molecular weight is 275 g/mol. The quantitative estimate of drug-likeness (QED) is 0.747. The average Bonchev–Trinajstić information content (AvgIpc) is 2.92. The second kappa shape index (κ2) is 5.79. The minimum Gasteiger partial charge on any atom is -0.396 e. The molecule has 0 spiro atoms. The Morgan fingerprint density at radius 2 is 2.05 bits per heavy atom. The SMILES string of the molecule is CC(C)(CCO)NC(=O)c1ccc(-c2nn[nH]n2)cc1. The summed E-state index contributed by atoms with van der Waals surface area (Å²) in [6.45, 7) is 3.77. The summed E-state index contributed by atoms with van der Waals surface area (Å²) < 4.78 is 0. The van der Waals surface area contributed by atoms with Crippen molar-refractivity contribution in [2.45, 2.75) is 25.8 Å². The third-order valence-electron chi connectivity index (χ3n) is 2.94. The van der Waals surface area contributed by atoms with E-state index >= 15 is 0 Å². The largest absolute Gasteiger partial charge is 0.396 e. The van der Waals surface area contributed by atoms with Crippen molar-refractivity contribution in [1.82, 2.24) is 25.9 Å². The zero-order valence-corrected chi connectivity index (χ0v) is 11.4. The number of hydrogen-bond acceptors (Lipinski definition) is 5. The third-order valence-corrected chi connectivity index (χ3v) is 2.94. The number of benzene rings is 1. The van der Waals surface area contributed by atoms with E-state index in [1.165, 1.54) is 0 Å². The number of aliphatic hydroxyl groups is 1. The summed E-state index contributed by atoms with van der Waals surface area (Å²) >= 11 is 0. The van der Waals surface area contributed by atoms with E-state index in [1.807, 2.05) is 13.8 Å². The Morgan fingerprint density at radius 3 is 2.60 bits per heavy atom. The van der Waals surface area contributed by atoms with Crippen LogP contribution in [-0.2, 0) is 0 Å². The van der Waals surface area contributed by atoms with E-state index in [0.717, 1.165) is 5.56 Å². The minimum atomic E-state index is -0.446. The van der Waals surface area contributed by atoms with Crippen LogP contribution in [0.1, 0.15) is 30.6 Å². The van der Waals surface area contributed by atoms with Gasteiger partial charge in [-0.05, 0) is 37.6 Å². The van der Waals surface area contributed by atoms with Gasteiger partial charge in [-0.2, -0.15) is 5.21 Å². The molecule has 0 aliphatic heterocycles. The smallest absolute Gasteiger partial charge is 0.251 e. The van der Waals surface area contributed by atoms with E-state index in [2.05, 4.69) is 25.9 Å². The summed E-state index contributed by atoms with van der Waals surface area (Å²) in [4.78, 5) is 12.1. The summed E-state index contributed by atoms with van der Waals surface area (Å²) in [7, 11) is 0. The molecule has 7 heteroatoms. The Kier molecular flexibility index (Phi) is 4.09. The number of rotatable bonds is 5. The molecule has 0 saturated carbocycles. The van der Waals surface area contributed by atoms with Crippen LogP contribution >= 0.6 is 0 Å². The molecule has 3 N–H and O–H groups in total. The van der Waals surface area contributed by atoms with E-state index in [9.17, 15) is 4.79 Å². The molecule has 0 bridgehead atoms. The van der Waals surface area contributed by atoms with Crippen molar-refractivity contribution in [3.05, 3.63) is 29.8 Å². The molecule has 20 heavy (non-hydrogen) atoms. The highest BCUT2D eigenvalue weighted by Gasteiger charge is 2.20. The molecule has 0 radical (unpaired) electrons. The van der Waals surface area contributed by atoms with Crippen molar-refractivity contribution in [3.63, 3.8) is 0 Å². The first kappa shape index (κ1) is 14.1. The van der Waals surface area contributed by atoms with Crippen LogP contribution in [0.2, 0.25) is 0 Å². The van der Waals surface area contributed by atoms with Crippen molar-refractivity contribution >= 4 is 5.91 Å². The molecule has 106 valence electrons. The van der Waals surface area contributed by atoms with Crippen LogP contribution in [-0.4, -0.2) is 43.8 Å². The van der Waals surface area contributed by atoms with Gasteiger partial charge in [0.2, 0.25) is 5.82 Å². The number of hydrogen-bond donors (Lipinski definition) is 3. The van der Waals surface area contributed by atoms with Crippen molar-refractivity contribution < 1.29 is 9.90 Å². The normalized spacial score (nSPS) is 11.3. The van der Waals surface area contributed by atoms with Crippen LogP contribution in [0, 0.1) is 0 Å². The van der Waals surface area contributed by atoms with Gasteiger partial charge in [0.25, 0.3) is 5.91 Å². The summed E-state index contributed by atoms with van der Waals surface area (Å²) in [5.74, 6) is 0.306. The number of aliphatic hydroxyl groups excluding tert-OH is 1. The summed E-state index contributed by atoms with van der Waals surface area (Å²) in [5, 5.41) is 25.4. The predicted octanol–water partition coefficient (Wildman–Crippen LogP) is 0.757. The van der Waals surface area contributed by atoms with E-state index in [-0.39, 0.29) is 12.5 Å². The Labute approximate surface area is 116 Å². The lowest BCUT2D eigenvalue weighted by Gasteiger charge is -2.25. The molecule has 0 unspecified atom stereocenters. The minimum absolute atomic E-state index is 0.0318. The highest BCUT2D eigenvalue weighted by atomic mass is 16.3.